The van der Waals surface area contributed by atoms with Gasteiger partial charge in [-0.05, 0) is 12.3 Å². The SMILES string of the molecule is CCCCC(CC)CO.OCCO. The fraction of sp³-hybridized carbons (Fsp3) is 1.00. The first kappa shape index (κ1) is 15.4. The Morgan fingerprint density at radius 2 is 1.54 bits per heavy atom. The predicted octanol–water partition coefficient (Wildman–Crippen LogP) is 1.17. The second-order valence-electron chi connectivity index (χ2n) is 3.05. The summed E-state index contributed by atoms with van der Waals surface area (Å²) in [5.74, 6) is 0.560. The molecule has 13 heavy (non-hydrogen) atoms. The highest BCUT2D eigenvalue weighted by molar-refractivity contribution is 4.53. The van der Waals surface area contributed by atoms with Gasteiger partial charge in [0.25, 0.3) is 0 Å². The second-order valence-corrected chi connectivity index (χ2v) is 3.05. The van der Waals surface area contributed by atoms with Gasteiger partial charge in [0, 0.05) is 6.61 Å². The van der Waals surface area contributed by atoms with Crippen molar-refractivity contribution in [1.29, 1.82) is 0 Å². The van der Waals surface area contributed by atoms with Crippen LogP contribution >= 0.6 is 0 Å². The minimum absolute atomic E-state index is 0.125. The van der Waals surface area contributed by atoms with Gasteiger partial charge in [0.1, 0.15) is 0 Å². The first-order chi connectivity index (χ1) is 6.26. The number of aliphatic hydroxyl groups excluding tert-OH is 3. The summed E-state index contributed by atoms with van der Waals surface area (Å²) in [4.78, 5) is 0. The van der Waals surface area contributed by atoms with Crippen LogP contribution in [0.15, 0.2) is 0 Å². The van der Waals surface area contributed by atoms with Crippen molar-refractivity contribution in [3.05, 3.63) is 0 Å². The average Bonchev–Trinajstić information content (AvgIpc) is 2.20. The molecule has 1 unspecified atom stereocenters. The van der Waals surface area contributed by atoms with E-state index in [1.54, 1.807) is 0 Å². The van der Waals surface area contributed by atoms with Crippen LogP contribution in [0.25, 0.3) is 0 Å². The van der Waals surface area contributed by atoms with E-state index in [9.17, 15) is 0 Å². The van der Waals surface area contributed by atoms with Crippen LogP contribution in [0.2, 0.25) is 0 Å². The van der Waals surface area contributed by atoms with Gasteiger partial charge in [-0.2, -0.15) is 0 Å². The number of unbranched alkanes of at least 4 members (excludes halogenated alkanes) is 1. The highest BCUT2D eigenvalue weighted by Crippen LogP contribution is 2.10. The molecule has 0 saturated heterocycles. The van der Waals surface area contributed by atoms with E-state index in [-0.39, 0.29) is 13.2 Å². The molecule has 0 aliphatic heterocycles. The van der Waals surface area contributed by atoms with Gasteiger partial charge in [0.15, 0.2) is 0 Å². The molecule has 0 aliphatic carbocycles. The van der Waals surface area contributed by atoms with Crippen molar-refractivity contribution in [2.75, 3.05) is 19.8 Å². The van der Waals surface area contributed by atoms with E-state index in [0.29, 0.717) is 12.5 Å². The van der Waals surface area contributed by atoms with Crippen LogP contribution in [-0.4, -0.2) is 35.1 Å². The molecule has 0 aromatic rings. The van der Waals surface area contributed by atoms with Crippen LogP contribution in [0.1, 0.15) is 39.5 Å². The minimum Gasteiger partial charge on any atom is -0.396 e. The Labute approximate surface area is 81.4 Å². The van der Waals surface area contributed by atoms with E-state index in [2.05, 4.69) is 13.8 Å². The van der Waals surface area contributed by atoms with Crippen molar-refractivity contribution < 1.29 is 15.3 Å². The predicted molar refractivity (Wildman–Crippen MR) is 54.6 cm³/mol. The Bertz CT molecular complexity index is 70.6. The summed E-state index contributed by atoms with van der Waals surface area (Å²) in [7, 11) is 0. The molecular weight excluding hydrogens is 168 g/mol. The lowest BCUT2D eigenvalue weighted by Gasteiger charge is -2.08. The Balaban J connectivity index is 0. The van der Waals surface area contributed by atoms with E-state index in [4.69, 9.17) is 15.3 Å². The monoisotopic (exact) mass is 192 g/mol. The highest BCUT2D eigenvalue weighted by atomic mass is 16.3. The molecule has 0 radical (unpaired) electrons. The Morgan fingerprint density at radius 1 is 1.00 bits per heavy atom. The first-order valence-electron chi connectivity index (χ1n) is 5.09. The molecule has 0 amide bonds. The zero-order chi connectivity index (χ0) is 10.5. The molecule has 82 valence electrons. The van der Waals surface area contributed by atoms with E-state index < -0.39 is 0 Å². The number of hydrogen-bond acceptors (Lipinski definition) is 3. The number of hydrogen-bond donors (Lipinski definition) is 3. The van der Waals surface area contributed by atoms with Crippen LogP contribution in [0.5, 0.6) is 0 Å². The first-order valence-corrected chi connectivity index (χ1v) is 5.09. The molecule has 0 spiro atoms. The molecule has 1 atom stereocenters. The van der Waals surface area contributed by atoms with Crippen LogP contribution in [0.4, 0.5) is 0 Å². The van der Waals surface area contributed by atoms with Gasteiger partial charge in [0.05, 0.1) is 13.2 Å². The van der Waals surface area contributed by atoms with E-state index in [1.807, 2.05) is 0 Å². The third-order valence-electron chi connectivity index (χ3n) is 1.90. The van der Waals surface area contributed by atoms with Crippen molar-refractivity contribution in [3.8, 4) is 0 Å². The summed E-state index contributed by atoms with van der Waals surface area (Å²) >= 11 is 0. The zero-order valence-electron chi connectivity index (χ0n) is 8.87. The van der Waals surface area contributed by atoms with E-state index in [1.165, 1.54) is 19.3 Å². The third-order valence-corrected chi connectivity index (χ3v) is 1.90. The fourth-order valence-corrected chi connectivity index (χ4v) is 0.917. The highest BCUT2D eigenvalue weighted by Gasteiger charge is 2.01. The van der Waals surface area contributed by atoms with Crippen LogP contribution < -0.4 is 0 Å². The molecule has 0 aromatic carbocycles. The zero-order valence-corrected chi connectivity index (χ0v) is 8.87. The second kappa shape index (κ2) is 14.4. The van der Waals surface area contributed by atoms with Crippen molar-refractivity contribution in [2.45, 2.75) is 39.5 Å². The summed E-state index contributed by atoms with van der Waals surface area (Å²) in [5.41, 5.74) is 0. The summed E-state index contributed by atoms with van der Waals surface area (Å²) in [6.45, 7) is 4.44. The molecule has 0 rings (SSSR count). The van der Waals surface area contributed by atoms with Gasteiger partial charge in [-0.15, -0.1) is 0 Å². The Hall–Kier alpha value is -0.120. The van der Waals surface area contributed by atoms with Gasteiger partial charge in [-0.1, -0.05) is 33.1 Å². The molecule has 3 heteroatoms. The van der Waals surface area contributed by atoms with E-state index in [0.717, 1.165) is 6.42 Å². The number of rotatable bonds is 6. The lowest BCUT2D eigenvalue weighted by Crippen LogP contribution is -2.03. The fourth-order valence-electron chi connectivity index (χ4n) is 0.917. The molecule has 0 bridgehead atoms. The molecule has 0 fully saturated rings. The topological polar surface area (TPSA) is 60.7 Å². The average molecular weight is 192 g/mol. The maximum absolute atomic E-state index is 8.75. The molecule has 0 aromatic heterocycles. The standard InChI is InChI=1S/C8H18O.C2H6O2/c1-3-5-6-8(4-2)7-9;3-1-2-4/h8-9H,3-7H2,1-2H3;3-4H,1-2H2. The van der Waals surface area contributed by atoms with Crippen LogP contribution in [0, 0.1) is 5.92 Å². The Morgan fingerprint density at radius 3 is 1.77 bits per heavy atom. The lowest BCUT2D eigenvalue weighted by molar-refractivity contribution is 0.186. The normalized spacial score (nSPS) is 11.8. The number of aliphatic hydroxyl groups is 3. The smallest absolute Gasteiger partial charge is 0.0662 e. The Kier molecular flexibility index (Phi) is 17.0. The van der Waals surface area contributed by atoms with Gasteiger partial charge >= 0.3 is 0 Å². The maximum atomic E-state index is 8.75. The van der Waals surface area contributed by atoms with Crippen molar-refractivity contribution in [1.82, 2.24) is 0 Å². The summed E-state index contributed by atoms with van der Waals surface area (Å²) in [6.07, 6.45) is 4.83. The summed E-state index contributed by atoms with van der Waals surface area (Å²) in [6, 6.07) is 0. The third kappa shape index (κ3) is 14.7. The van der Waals surface area contributed by atoms with Crippen molar-refractivity contribution in [3.63, 3.8) is 0 Å². The van der Waals surface area contributed by atoms with Crippen LogP contribution in [0.3, 0.4) is 0 Å². The molecule has 0 heterocycles. The lowest BCUT2D eigenvalue weighted by atomic mass is 10.0. The van der Waals surface area contributed by atoms with Crippen molar-refractivity contribution in [2.24, 2.45) is 5.92 Å². The largest absolute Gasteiger partial charge is 0.396 e. The molecule has 3 N–H and O–H groups in total. The molecule has 3 nitrogen and oxygen atoms in total. The summed E-state index contributed by atoms with van der Waals surface area (Å²) in [5, 5.41) is 24.0. The van der Waals surface area contributed by atoms with Crippen LogP contribution in [-0.2, 0) is 0 Å². The maximum Gasteiger partial charge on any atom is 0.0662 e. The van der Waals surface area contributed by atoms with Gasteiger partial charge in [0.2, 0.25) is 0 Å². The van der Waals surface area contributed by atoms with Crippen molar-refractivity contribution >= 4 is 0 Å². The minimum atomic E-state index is -0.125. The van der Waals surface area contributed by atoms with Gasteiger partial charge in [-0.25, -0.2) is 0 Å². The quantitative estimate of drug-likeness (QED) is 0.592. The molecular formula is C10H24O3. The van der Waals surface area contributed by atoms with Gasteiger partial charge in [-0.3, -0.25) is 0 Å². The molecule has 0 saturated carbocycles. The summed E-state index contributed by atoms with van der Waals surface area (Å²) < 4.78 is 0. The molecule has 0 aliphatic rings. The van der Waals surface area contributed by atoms with E-state index >= 15 is 0 Å². The van der Waals surface area contributed by atoms with Gasteiger partial charge < -0.3 is 15.3 Å².